The molecule has 0 bridgehead atoms. The molecule has 3 rings (SSSR count). The monoisotopic (exact) mass is 246 g/mol. The van der Waals surface area contributed by atoms with Crippen molar-refractivity contribution in [3.05, 3.63) is 54.3 Å². The van der Waals surface area contributed by atoms with E-state index in [1.807, 2.05) is 24.3 Å². The lowest BCUT2D eigenvalue weighted by Gasteiger charge is -2.35. The van der Waals surface area contributed by atoms with E-state index in [2.05, 4.69) is 5.32 Å². The van der Waals surface area contributed by atoms with Crippen LogP contribution in [0.1, 0.15) is 0 Å². The molecule has 0 spiro atoms. The van der Waals surface area contributed by atoms with Gasteiger partial charge in [0.25, 0.3) is 0 Å². The van der Waals surface area contributed by atoms with Crippen LogP contribution in [-0.2, 0) is 0 Å². The molecule has 1 atom stereocenters. The molecule has 0 saturated carbocycles. The second-order valence-corrected chi connectivity index (χ2v) is 4.18. The third-order valence-corrected chi connectivity index (χ3v) is 3.01. The van der Waals surface area contributed by atoms with Crippen molar-refractivity contribution < 1.29 is 8.78 Å². The first-order chi connectivity index (χ1) is 8.75. The van der Waals surface area contributed by atoms with Crippen molar-refractivity contribution in [2.24, 2.45) is 0 Å². The van der Waals surface area contributed by atoms with Crippen LogP contribution in [-0.4, -0.2) is 12.8 Å². The summed E-state index contributed by atoms with van der Waals surface area (Å²) in [5, 5.41) is 3.03. The van der Waals surface area contributed by atoms with E-state index in [1.54, 1.807) is 17.0 Å². The molecule has 4 heteroatoms. The first kappa shape index (κ1) is 11.0. The number of nitrogens with one attached hydrogen (secondary N) is 1. The van der Waals surface area contributed by atoms with E-state index in [4.69, 9.17) is 0 Å². The Bertz CT molecular complexity index is 554. The Balaban J connectivity index is 2.07. The summed E-state index contributed by atoms with van der Waals surface area (Å²) in [6, 6.07) is 13.4. The summed E-state index contributed by atoms with van der Waals surface area (Å²) in [5.41, 5.74) is 2.30. The summed E-state index contributed by atoms with van der Waals surface area (Å²) in [6.07, 6.45) is -1.16. The van der Waals surface area contributed by atoms with Crippen LogP contribution in [0, 0.1) is 5.82 Å². The fourth-order valence-corrected chi connectivity index (χ4v) is 2.17. The number of rotatable bonds is 1. The third-order valence-electron chi connectivity index (χ3n) is 3.01. The van der Waals surface area contributed by atoms with E-state index in [-0.39, 0.29) is 12.4 Å². The fourth-order valence-electron chi connectivity index (χ4n) is 2.17. The zero-order valence-electron chi connectivity index (χ0n) is 9.61. The summed E-state index contributed by atoms with van der Waals surface area (Å²) in [5.74, 6) is -0.322. The van der Waals surface area contributed by atoms with Gasteiger partial charge in [-0.25, -0.2) is 8.78 Å². The molecule has 2 nitrogen and oxygen atoms in total. The Labute approximate surface area is 104 Å². The van der Waals surface area contributed by atoms with Gasteiger partial charge in [-0.15, -0.1) is 0 Å². The molecule has 0 fully saturated rings. The van der Waals surface area contributed by atoms with Crippen molar-refractivity contribution in [2.75, 3.05) is 16.8 Å². The minimum atomic E-state index is -1.16. The van der Waals surface area contributed by atoms with Gasteiger partial charge in [0, 0.05) is 5.69 Å². The largest absolute Gasteiger partial charge is 0.378 e. The maximum absolute atomic E-state index is 14.1. The quantitative estimate of drug-likeness (QED) is 0.772. The van der Waals surface area contributed by atoms with Crippen LogP contribution >= 0.6 is 0 Å². The van der Waals surface area contributed by atoms with Gasteiger partial charge in [-0.3, -0.25) is 0 Å². The summed E-state index contributed by atoms with van der Waals surface area (Å²) >= 11 is 0. The van der Waals surface area contributed by atoms with Gasteiger partial charge in [0.2, 0.25) is 0 Å². The lowest BCUT2D eigenvalue weighted by Crippen LogP contribution is -2.37. The first-order valence-corrected chi connectivity index (χ1v) is 5.77. The van der Waals surface area contributed by atoms with Crippen LogP contribution in [0.5, 0.6) is 0 Å². The molecule has 1 aliphatic heterocycles. The summed E-state index contributed by atoms with van der Waals surface area (Å²) in [6.45, 7) is 0.217. The van der Waals surface area contributed by atoms with Gasteiger partial charge in [0.15, 0.2) is 6.30 Å². The molecular formula is C14H12F2N2. The van der Waals surface area contributed by atoms with E-state index >= 15 is 0 Å². The molecule has 1 N–H and O–H groups in total. The lowest BCUT2D eigenvalue weighted by atomic mass is 10.1. The maximum Gasteiger partial charge on any atom is 0.194 e. The molecule has 2 aromatic carbocycles. The first-order valence-electron chi connectivity index (χ1n) is 5.77. The van der Waals surface area contributed by atoms with Crippen LogP contribution in [0.15, 0.2) is 48.5 Å². The summed E-state index contributed by atoms with van der Waals surface area (Å²) in [4.78, 5) is 1.57. The summed E-state index contributed by atoms with van der Waals surface area (Å²) in [7, 11) is 0. The molecular weight excluding hydrogens is 234 g/mol. The Hall–Kier alpha value is -2.10. The number of nitrogens with zero attached hydrogens (tertiary/aromatic N) is 1. The van der Waals surface area contributed by atoms with Crippen LogP contribution in [0.25, 0.3) is 0 Å². The van der Waals surface area contributed by atoms with Crippen LogP contribution in [0.2, 0.25) is 0 Å². The second kappa shape index (κ2) is 4.29. The van der Waals surface area contributed by atoms with Crippen molar-refractivity contribution >= 4 is 17.1 Å². The molecule has 2 aromatic rings. The SMILES string of the molecule is Fc1ccc(N2c3ccccc3NCC2F)cc1. The van der Waals surface area contributed by atoms with Gasteiger partial charge in [0.1, 0.15) is 5.82 Å². The Morgan fingerprint density at radius 3 is 2.56 bits per heavy atom. The van der Waals surface area contributed by atoms with Crippen molar-refractivity contribution in [1.29, 1.82) is 0 Å². The van der Waals surface area contributed by atoms with E-state index in [0.29, 0.717) is 5.69 Å². The summed E-state index contributed by atoms with van der Waals surface area (Å²) < 4.78 is 27.0. The number of fused-ring (bicyclic) bond motifs is 1. The van der Waals surface area contributed by atoms with Gasteiger partial charge < -0.3 is 10.2 Å². The minimum Gasteiger partial charge on any atom is -0.378 e. The number of para-hydroxylation sites is 2. The molecule has 0 saturated heterocycles. The van der Waals surface area contributed by atoms with Crippen LogP contribution in [0.4, 0.5) is 25.8 Å². The van der Waals surface area contributed by atoms with E-state index in [9.17, 15) is 8.78 Å². The van der Waals surface area contributed by atoms with Crippen LogP contribution < -0.4 is 10.2 Å². The highest BCUT2D eigenvalue weighted by molar-refractivity contribution is 5.78. The minimum absolute atomic E-state index is 0.217. The molecule has 18 heavy (non-hydrogen) atoms. The standard InChI is InChI=1S/C14H12F2N2/c15-10-5-7-11(8-6-10)18-13-4-2-1-3-12(13)17-9-14(18)16/h1-8,14,17H,9H2. The zero-order chi connectivity index (χ0) is 12.5. The van der Waals surface area contributed by atoms with Gasteiger partial charge in [-0.1, -0.05) is 12.1 Å². The maximum atomic E-state index is 14.1. The molecule has 1 heterocycles. The third kappa shape index (κ3) is 1.79. The van der Waals surface area contributed by atoms with Gasteiger partial charge >= 0.3 is 0 Å². The Morgan fingerprint density at radius 2 is 1.78 bits per heavy atom. The fraction of sp³-hybridized carbons (Fsp3) is 0.143. The molecule has 0 amide bonds. The molecule has 0 radical (unpaired) electrons. The van der Waals surface area contributed by atoms with E-state index < -0.39 is 6.30 Å². The van der Waals surface area contributed by atoms with E-state index in [0.717, 1.165) is 11.4 Å². The smallest absolute Gasteiger partial charge is 0.194 e. The van der Waals surface area contributed by atoms with Gasteiger partial charge in [-0.05, 0) is 36.4 Å². The highest BCUT2D eigenvalue weighted by Crippen LogP contribution is 2.37. The number of anilines is 3. The Kier molecular flexibility index (Phi) is 2.63. The number of alkyl halides is 1. The zero-order valence-corrected chi connectivity index (χ0v) is 9.61. The highest BCUT2D eigenvalue weighted by Gasteiger charge is 2.26. The molecule has 0 aromatic heterocycles. The normalized spacial score (nSPS) is 18.1. The molecule has 0 aliphatic carbocycles. The second-order valence-electron chi connectivity index (χ2n) is 4.18. The highest BCUT2D eigenvalue weighted by atomic mass is 19.1. The molecule has 1 aliphatic rings. The average molecular weight is 246 g/mol. The number of hydrogen-bond acceptors (Lipinski definition) is 2. The van der Waals surface area contributed by atoms with E-state index in [1.165, 1.54) is 12.1 Å². The number of hydrogen-bond donors (Lipinski definition) is 1. The average Bonchev–Trinajstić information content (AvgIpc) is 2.40. The van der Waals surface area contributed by atoms with Crippen molar-refractivity contribution in [3.8, 4) is 0 Å². The van der Waals surface area contributed by atoms with Crippen molar-refractivity contribution in [3.63, 3.8) is 0 Å². The lowest BCUT2D eigenvalue weighted by molar-refractivity contribution is 0.350. The Morgan fingerprint density at radius 1 is 1.06 bits per heavy atom. The van der Waals surface area contributed by atoms with Gasteiger partial charge in [0.05, 0.1) is 17.9 Å². The van der Waals surface area contributed by atoms with Crippen LogP contribution in [0.3, 0.4) is 0 Å². The van der Waals surface area contributed by atoms with Gasteiger partial charge in [-0.2, -0.15) is 0 Å². The topological polar surface area (TPSA) is 15.3 Å². The number of benzene rings is 2. The molecule has 1 unspecified atom stereocenters. The van der Waals surface area contributed by atoms with Crippen molar-refractivity contribution in [1.82, 2.24) is 0 Å². The van der Waals surface area contributed by atoms with Crippen molar-refractivity contribution in [2.45, 2.75) is 6.30 Å². The predicted molar refractivity (Wildman–Crippen MR) is 68.4 cm³/mol. The molecule has 92 valence electrons. The predicted octanol–water partition coefficient (Wildman–Crippen LogP) is 3.68. The number of halogens is 2.